The summed E-state index contributed by atoms with van der Waals surface area (Å²) in [5, 5.41) is 9.36. The van der Waals surface area contributed by atoms with Gasteiger partial charge < -0.3 is 10.7 Å². The summed E-state index contributed by atoms with van der Waals surface area (Å²) >= 11 is 0. The fourth-order valence-corrected chi connectivity index (χ4v) is 0.114. The van der Waals surface area contributed by atoms with Crippen molar-refractivity contribution in [3.05, 3.63) is 5.21 Å². The van der Waals surface area contributed by atoms with Gasteiger partial charge in [-0.3, -0.25) is 0 Å². The van der Waals surface area contributed by atoms with Gasteiger partial charge in [-0.25, -0.2) is 10.4 Å². The number of hydrogen-bond donors (Lipinski definition) is 4. The number of hydrazine groups is 1. The minimum absolute atomic E-state index is 0. The van der Waals surface area contributed by atoms with E-state index >= 15 is 0 Å². The molecule has 0 radical (unpaired) electrons. The second-order valence-corrected chi connectivity index (χ2v) is 0.718. The summed E-state index contributed by atoms with van der Waals surface area (Å²) in [5.74, 6) is 4.47. The Morgan fingerprint density at radius 3 is 2.62 bits per heavy atom. The molecule has 0 aromatic heterocycles. The van der Waals surface area contributed by atoms with E-state index in [1.54, 1.807) is 5.48 Å². The minimum Gasteiger partial charge on any atom is -0.787 e. The van der Waals surface area contributed by atoms with Crippen LogP contribution in [0.25, 0.3) is 0 Å². The third kappa shape index (κ3) is 9.94. The van der Waals surface area contributed by atoms with Crippen LogP contribution >= 0.6 is 0 Å². The summed E-state index contributed by atoms with van der Waals surface area (Å²) in [5.41, 5.74) is 5.82. The van der Waals surface area contributed by atoms with Gasteiger partial charge in [0.15, 0.2) is 0 Å². The number of nitrogens with one attached hydrogen (secondary N) is 3. The van der Waals surface area contributed by atoms with Gasteiger partial charge in [-0.05, 0) is 0 Å². The zero-order chi connectivity index (χ0) is 5.54. The van der Waals surface area contributed by atoms with Gasteiger partial charge in [-0.15, -0.1) is 5.59 Å². The molecule has 0 amide bonds. The molecule has 0 atom stereocenters. The molecule has 7 heteroatoms. The fraction of sp³-hybridized carbons (Fsp3) is 1.00. The van der Waals surface area contributed by atoms with Gasteiger partial charge in [-0.2, -0.15) is 5.90 Å². The van der Waals surface area contributed by atoms with Crippen molar-refractivity contribution in [3.8, 4) is 0 Å². The first-order chi connectivity index (χ1) is 3.41. The number of hydroxylamine groups is 1. The average molecular weight is 345 g/mol. The van der Waals surface area contributed by atoms with E-state index < -0.39 is 0 Å². The molecule has 5 N–H and O–H groups in total. The van der Waals surface area contributed by atoms with Crippen LogP contribution in [0.4, 0.5) is 0 Å². The molecule has 0 rings (SSSR count). The Bertz CT molecular complexity index is 33.2. The average Bonchev–Trinajstić information content (AvgIpc) is 1.69. The molecule has 0 aliphatic rings. The van der Waals surface area contributed by atoms with E-state index in [1.807, 2.05) is 5.59 Å². The van der Waals surface area contributed by atoms with Crippen LogP contribution in [0, 0.1) is 36.3 Å². The van der Waals surface area contributed by atoms with Crippen LogP contribution in [0.1, 0.15) is 0 Å². The number of hydrogen-bond acceptors (Lipinski definition) is 6. The molecule has 0 heterocycles. The summed E-state index contributed by atoms with van der Waals surface area (Å²) in [7, 11) is 0. The van der Waals surface area contributed by atoms with Crippen LogP contribution < -0.4 is 22.4 Å². The fourth-order valence-electron chi connectivity index (χ4n) is 0.114. The Balaban J connectivity index is 0. The van der Waals surface area contributed by atoms with Crippen molar-refractivity contribution < 1.29 is 36.1 Å². The van der Waals surface area contributed by atoms with Crippen molar-refractivity contribution in [2.75, 3.05) is 6.67 Å². The molecule has 0 saturated heterocycles. The molecule has 0 aliphatic heterocycles. The van der Waals surface area contributed by atoms with Crippen LogP contribution in [0.3, 0.4) is 0 Å². The Morgan fingerprint density at radius 2 is 2.25 bits per heavy atom. The van der Waals surface area contributed by atoms with E-state index in [4.69, 9.17) is 0 Å². The first kappa shape index (κ1) is 11.6. The third-order valence-electron chi connectivity index (χ3n) is 0.292. The Kier molecular flexibility index (Phi) is 15.5. The minimum atomic E-state index is 0. The van der Waals surface area contributed by atoms with Crippen LogP contribution in [0.5, 0.6) is 0 Å². The van der Waals surface area contributed by atoms with E-state index in [1.165, 1.54) is 0 Å². The first-order valence-corrected chi connectivity index (χ1v) is 1.60. The second kappa shape index (κ2) is 10.7. The largest absolute Gasteiger partial charge is 0.787 e. The van der Waals surface area contributed by atoms with E-state index in [9.17, 15) is 5.21 Å². The van der Waals surface area contributed by atoms with Gasteiger partial charge in [0.05, 0.1) is 0 Å². The quantitative estimate of drug-likeness (QED) is 0.266. The van der Waals surface area contributed by atoms with Gasteiger partial charge in [0.2, 0.25) is 0 Å². The molecule has 0 aromatic carbocycles. The van der Waals surface area contributed by atoms with E-state index in [-0.39, 0.29) is 37.8 Å². The molecule has 0 spiro atoms. The first-order valence-electron chi connectivity index (χ1n) is 1.60. The molecular weight excluding hydrogens is 338 g/mol. The van der Waals surface area contributed by atoms with Crippen molar-refractivity contribution in [2.24, 2.45) is 5.90 Å². The molecule has 0 aromatic rings. The Labute approximate surface area is 70.3 Å². The summed E-state index contributed by atoms with van der Waals surface area (Å²) in [6, 6.07) is 0. The van der Waals surface area contributed by atoms with Gasteiger partial charge in [0.1, 0.15) is 0 Å². The standard InChI is InChI=1S/CH7N4O2.U/c2-7-5-3-1-4-6;/h3-5H,1-2H2;/q-1;. The Morgan fingerprint density at radius 1 is 1.62 bits per heavy atom. The summed E-state index contributed by atoms with van der Waals surface area (Å²) < 4.78 is 0. The van der Waals surface area contributed by atoms with Crippen LogP contribution in [-0.2, 0) is 4.94 Å². The monoisotopic (exact) mass is 345 g/mol. The van der Waals surface area contributed by atoms with Crippen molar-refractivity contribution >= 4 is 0 Å². The smallest absolute Gasteiger partial charge is 0.0499 e. The normalized spacial score (nSPS) is 8.25. The Hall–Kier alpha value is 0.812. The summed E-state index contributed by atoms with van der Waals surface area (Å²) in [4.78, 5) is 3.80. The predicted octanol–water partition coefficient (Wildman–Crippen LogP) is -2.07. The second-order valence-electron chi connectivity index (χ2n) is 0.718. The summed E-state index contributed by atoms with van der Waals surface area (Å²) in [6.07, 6.45) is 0. The molecule has 0 aliphatic carbocycles. The molecular formula is CH7N4O2U-. The van der Waals surface area contributed by atoms with E-state index in [0.29, 0.717) is 0 Å². The summed E-state index contributed by atoms with van der Waals surface area (Å²) in [6.45, 7) is 0.0528. The van der Waals surface area contributed by atoms with Crippen molar-refractivity contribution in [1.29, 1.82) is 0 Å². The van der Waals surface area contributed by atoms with E-state index in [0.717, 1.165) is 0 Å². The molecule has 8 heavy (non-hydrogen) atoms. The zero-order valence-corrected chi connectivity index (χ0v) is 8.26. The maximum atomic E-state index is 9.36. The van der Waals surface area contributed by atoms with Crippen molar-refractivity contribution in [3.63, 3.8) is 0 Å². The molecule has 48 valence electrons. The molecule has 0 saturated carbocycles. The number of rotatable bonds is 4. The van der Waals surface area contributed by atoms with Gasteiger partial charge in [-0.1, -0.05) is 0 Å². The van der Waals surface area contributed by atoms with E-state index in [2.05, 4.69) is 16.3 Å². The van der Waals surface area contributed by atoms with Gasteiger partial charge in [0, 0.05) is 37.8 Å². The maximum Gasteiger partial charge on any atom is 0.0499 e. The molecule has 6 nitrogen and oxygen atoms in total. The maximum absolute atomic E-state index is 9.36. The number of nitrogens with two attached hydrogens (primary N) is 1. The van der Waals surface area contributed by atoms with Gasteiger partial charge in [0.25, 0.3) is 0 Å². The van der Waals surface area contributed by atoms with Crippen molar-refractivity contribution in [2.45, 2.75) is 0 Å². The van der Waals surface area contributed by atoms with Crippen molar-refractivity contribution in [1.82, 2.24) is 16.5 Å². The van der Waals surface area contributed by atoms with Crippen LogP contribution in [-0.4, -0.2) is 6.67 Å². The van der Waals surface area contributed by atoms with Gasteiger partial charge >= 0.3 is 0 Å². The molecule has 0 bridgehead atoms. The topological polar surface area (TPSA) is 94.4 Å². The van der Waals surface area contributed by atoms with Crippen LogP contribution in [0.2, 0.25) is 0 Å². The third-order valence-corrected chi connectivity index (χ3v) is 0.292. The zero-order valence-electron chi connectivity index (χ0n) is 4.10. The van der Waals surface area contributed by atoms with Crippen LogP contribution in [0.15, 0.2) is 0 Å². The molecule has 0 unspecified atom stereocenters. The SMILES string of the molecule is NONNCN[O-].[U]. The predicted molar refractivity (Wildman–Crippen MR) is 22.9 cm³/mol. The molecule has 0 fully saturated rings.